The zero-order valence-corrected chi connectivity index (χ0v) is 16.6. The zero-order chi connectivity index (χ0) is 17.8. The Bertz CT molecular complexity index is 690. The number of anilines is 1. The maximum Gasteiger partial charge on any atom is 0.227 e. The average molecular weight is 394 g/mol. The topological polar surface area (TPSA) is 73.6 Å². The summed E-state index contributed by atoms with van der Waals surface area (Å²) in [6.07, 6.45) is 2.66. The quantitative estimate of drug-likeness (QED) is 0.800. The van der Waals surface area contributed by atoms with Crippen molar-refractivity contribution in [2.75, 3.05) is 64.3 Å². The Morgan fingerprint density at radius 1 is 1.19 bits per heavy atom. The summed E-state index contributed by atoms with van der Waals surface area (Å²) in [6, 6.07) is 6.29. The number of pyridine rings is 1. The van der Waals surface area contributed by atoms with E-state index in [9.17, 15) is 0 Å². The van der Waals surface area contributed by atoms with Gasteiger partial charge in [-0.3, -0.25) is 9.80 Å². The van der Waals surface area contributed by atoms with Crippen molar-refractivity contribution in [2.24, 2.45) is 0 Å². The minimum absolute atomic E-state index is 0. The standard InChI is InChI=1S/C18H27N7O.ClH/c1-23-9-7-19-14-15(23)18-21-17(26-22-18)5-8-24-10-12-25(13-11-24)16-4-2-3-6-20-16;/h2-4,6,15,19H,5,7-14H2,1H3;1H. The van der Waals surface area contributed by atoms with Gasteiger partial charge in [0.2, 0.25) is 5.89 Å². The highest BCUT2D eigenvalue weighted by Gasteiger charge is 2.25. The van der Waals surface area contributed by atoms with Gasteiger partial charge < -0.3 is 14.7 Å². The van der Waals surface area contributed by atoms with E-state index in [1.807, 2.05) is 18.3 Å². The van der Waals surface area contributed by atoms with Crippen LogP contribution >= 0.6 is 12.4 Å². The number of likely N-dealkylation sites (N-methyl/N-ethyl adjacent to an activating group) is 1. The molecule has 4 rings (SSSR count). The first kappa shape index (κ1) is 20.0. The van der Waals surface area contributed by atoms with Crippen molar-refractivity contribution in [1.82, 2.24) is 30.2 Å². The third-order valence-corrected chi connectivity index (χ3v) is 5.28. The van der Waals surface area contributed by atoms with Crippen LogP contribution in [-0.4, -0.2) is 84.3 Å². The number of hydrogen-bond acceptors (Lipinski definition) is 8. The molecule has 2 saturated heterocycles. The van der Waals surface area contributed by atoms with Crippen molar-refractivity contribution >= 4 is 18.2 Å². The van der Waals surface area contributed by atoms with E-state index in [0.717, 1.165) is 76.3 Å². The molecule has 1 unspecified atom stereocenters. The summed E-state index contributed by atoms with van der Waals surface area (Å²) in [4.78, 5) is 16.1. The highest BCUT2D eigenvalue weighted by Crippen LogP contribution is 2.18. The van der Waals surface area contributed by atoms with Crippen LogP contribution in [0.25, 0.3) is 0 Å². The van der Waals surface area contributed by atoms with E-state index < -0.39 is 0 Å². The third-order valence-electron chi connectivity index (χ3n) is 5.28. The molecule has 1 atom stereocenters. The minimum atomic E-state index is 0. The Labute approximate surface area is 166 Å². The molecular formula is C18H28ClN7O. The molecule has 0 bridgehead atoms. The molecule has 2 aliphatic rings. The van der Waals surface area contributed by atoms with Gasteiger partial charge in [-0.15, -0.1) is 12.4 Å². The van der Waals surface area contributed by atoms with E-state index in [2.05, 4.69) is 48.3 Å². The Balaban J connectivity index is 0.00000210. The number of aromatic nitrogens is 3. The fourth-order valence-electron chi connectivity index (χ4n) is 3.59. The van der Waals surface area contributed by atoms with Crippen LogP contribution in [0.4, 0.5) is 5.82 Å². The Kier molecular flexibility index (Phi) is 7.01. The lowest BCUT2D eigenvalue weighted by atomic mass is 10.2. The van der Waals surface area contributed by atoms with Crippen molar-refractivity contribution in [3.63, 3.8) is 0 Å². The monoisotopic (exact) mass is 393 g/mol. The van der Waals surface area contributed by atoms with Gasteiger partial charge >= 0.3 is 0 Å². The fourth-order valence-corrected chi connectivity index (χ4v) is 3.59. The van der Waals surface area contributed by atoms with Gasteiger partial charge in [-0.2, -0.15) is 4.98 Å². The smallest absolute Gasteiger partial charge is 0.227 e. The summed E-state index contributed by atoms with van der Waals surface area (Å²) in [5.74, 6) is 2.61. The normalized spacial score (nSPS) is 21.8. The van der Waals surface area contributed by atoms with Crippen molar-refractivity contribution in [2.45, 2.75) is 12.5 Å². The van der Waals surface area contributed by atoms with Gasteiger partial charge in [-0.05, 0) is 19.2 Å². The van der Waals surface area contributed by atoms with Gasteiger partial charge in [-0.1, -0.05) is 11.2 Å². The van der Waals surface area contributed by atoms with Crippen LogP contribution in [0.3, 0.4) is 0 Å². The van der Waals surface area contributed by atoms with Crippen molar-refractivity contribution in [3.8, 4) is 0 Å². The van der Waals surface area contributed by atoms with E-state index in [0.29, 0.717) is 0 Å². The summed E-state index contributed by atoms with van der Waals surface area (Å²) >= 11 is 0. The largest absolute Gasteiger partial charge is 0.354 e. The summed E-state index contributed by atoms with van der Waals surface area (Å²) in [7, 11) is 2.11. The summed E-state index contributed by atoms with van der Waals surface area (Å²) in [5.41, 5.74) is 0. The SMILES string of the molecule is CN1CCNCC1c1noc(CCN2CCN(c3ccccn3)CC2)n1.Cl. The number of hydrogen-bond donors (Lipinski definition) is 1. The molecule has 27 heavy (non-hydrogen) atoms. The molecule has 2 aromatic heterocycles. The first-order chi connectivity index (χ1) is 12.8. The molecule has 148 valence electrons. The minimum Gasteiger partial charge on any atom is -0.354 e. The van der Waals surface area contributed by atoms with Crippen molar-refractivity contribution in [3.05, 3.63) is 36.1 Å². The molecule has 0 amide bonds. The zero-order valence-electron chi connectivity index (χ0n) is 15.8. The van der Waals surface area contributed by atoms with Crippen LogP contribution in [-0.2, 0) is 6.42 Å². The Morgan fingerprint density at radius 2 is 2.04 bits per heavy atom. The van der Waals surface area contributed by atoms with Crippen LogP contribution < -0.4 is 10.2 Å². The Hall–Kier alpha value is -1.74. The van der Waals surface area contributed by atoms with Crippen molar-refractivity contribution < 1.29 is 4.52 Å². The lowest BCUT2D eigenvalue weighted by Crippen LogP contribution is -2.47. The second kappa shape index (κ2) is 9.45. The van der Waals surface area contributed by atoms with Crippen LogP contribution in [0.2, 0.25) is 0 Å². The summed E-state index contributed by atoms with van der Waals surface area (Å²) in [6.45, 7) is 7.94. The molecule has 2 aromatic rings. The number of rotatable bonds is 5. The molecule has 0 aliphatic carbocycles. The number of nitrogens with zero attached hydrogens (tertiary/aromatic N) is 6. The third kappa shape index (κ3) is 4.95. The van der Waals surface area contributed by atoms with Crippen LogP contribution in [0, 0.1) is 0 Å². The first-order valence-electron chi connectivity index (χ1n) is 9.41. The number of halogens is 1. The van der Waals surface area contributed by atoms with Gasteiger partial charge in [0.25, 0.3) is 0 Å². The van der Waals surface area contributed by atoms with Crippen LogP contribution in [0.15, 0.2) is 28.9 Å². The predicted molar refractivity (Wildman–Crippen MR) is 106 cm³/mol. The molecule has 0 aromatic carbocycles. The van der Waals surface area contributed by atoms with Gasteiger partial charge in [-0.25, -0.2) is 4.98 Å². The van der Waals surface area contributed by atoms with Gasteiger partial charge in [0.15, 0.2) is 5.82 Å². The van der Waals surface area contributed by atoms with Crippen LogP contribution in [0.5, 0.6) is 0 Å². The van der Waals surface area contributed by atoms with Crippen LogP contribution in [0.1, 0.15) is 17.8 Å². The molecule has 8 nitrogen and oxygen atoms in total. The van der Waals surface area contributed by atoms with E-state index in [-0.39, 0.29) is 18.4 Å². The molecule has 2 fully saturated rings. The molecule has 0 spiro atoms. The van der Waals surface area contributed by atoms with E-state index in [1.54, 1.807) is 0 Å². The molecule has 0 saturated carbocycles. The fraction of sp³-hybridized carbons (Fsp3) is 0.611. The maximum absolute atomic E-state index is 5.49. The van der Waals surface area contributed by atoms with E-state index in [4.69, 9.17) is 4.52 Å². The predicted octanol–water partition coefficient (Wildman–Crippen LogP) is 0.827. The van der Waals surface area contributed by atoms with Gasteiger partial charge in [0, 0.05) is 65.0 Å². The summed E-state index contributed by atoms with van der Waals surface area (Å²) < 4.78 is 5.49. The van der Waals surface area contributed by atoms with E-state index >= 15 is 0 Å². The van der Waals surface area contributed by atoms with Crippen molar-refractivity contribution in [1.29, 1.82) is 0 Å². The van der Waals surface area contributed by atoms with E-state index in [1.165, 1.54) is 0 Å². The Morgan fingerprint density at radius 3 is 2.78 bits per heavy atom. The number of piperazine rings is 2. The lowest BCUT2D eigenvalue weighted by Gasteiger charge is -2.35. The number of nitrogens with one attached hydrogen (secondary N) is 1. The molecule has 1 N–H and O–H groups in total. The van der Waals surface area contributed by atoms with Gasteiger partial charge in [0.1, 0.15) is 5.82 Å². The molecular weight excluding hydrogens is 366 g/mol. The van der Waals surface area contributed by atoms with Gasteiger partial charge in [0.05, 0.1) is 6.04 Å². The maximum atomic E-state index is 5.49. The molecule has 2 aliphatic heterocycles. The second-order valence-corrected chi connectivity index (χ2v) is 7.01. The highest BCUT2D eigenvalue weighted by atomic mass is 35.5. The molecule has 9 heteroatoms. The molecule has 0 radical (unpaired) electrons. The highest BCUT2D eigenvalue weighted by molar-refractivity contribution is 5.85. The lowest BCUT2D eigenvalue weighted by molar-refractivity contribution is 0.190. The summed E-state index contributed by atoms with van der Waals surface area (Å²) in [5, 5.41) is 7.60. The average Bonchev–Trinajstić information content (AvgIpc) is 3.17. The molecule has 4 heterocycles. The first-order valence-corrected chi connectivity index (χ1v) is 9.41. The second-order valence-electron chi connectivity index (χ2n) is 7.01.